The highest BCUT2D eigenvalue weighted by molar-refractivity contribution is 7.89. The van der Waals surface area contributed by atoms with Crippen molar-refractivity contribution in [3.63, 3.8) is 0 Å². The number of ether oxygens (including phenoxy) is 1. The number of sulfonamides is 1. The van der Waals surface area contributed by atoms with E-state index in [1.807, 2.05) is 37.3 Å². The van der Waals surface area contributed by atoms with Crippen LogP contribution >= 0.6 is 0 Å². The molecule has 2 aromatic rings. The molecule has 0 aliphatic carbocycles. The van der Waals surface area contributed by atoms with Crippen LogP contribution in [-0.2, 0) is 19.6 Å². The van der Waals surface area contributed by atoms with Gasteiger partial charge in [-0.05, 0) is 29.7 Å². The van der Waals surface area contributed by atoms with Gasteiger partial charge in [0.15, 0.2) is 6.61 Å². The van der Waals surface area contributed by atoms with Gasteiger partial charge in [-0.25, -0.2) is 8.42 Å². The molecular formula is C23H29N3O5S. The quantitative estimate of drug-likeness (QED) is 0.621. The van der Waals surface area contributed by atoms with Crippen molar-refractivity contribution in [1.82, 2.24) is 9.62 Å². The lowest BCUT2D eigenvalue weighted by molar-refractivity contribution is -0.125. The lowest BCUT2D eigenvalue weighted by atomic mass is 10.0. The molecule has 3 rings (SSSR count). The second-order valence-corrected chi connectivity index (χ2v) is 9.54. The first-order chi connectivity index (χ1) is 15.3. The summed E-state index contributed by atoms with van der Waals surface area (Å²) in [6, 6.07) is 14.2. The van der Waals surface area contributed by atoms with Crippen LogP contribution in [0.15, 0.2) is 53.4 Å². The number of nitrogens with zero attached hydrogens (tertiary/aromatic N) is 2. The average molecular weight is 460 g/mol. The van der Waals surface area contributed by atoms with E-state index in [9.17, 15) is 18.0 Å². The summed E-state index contributed by atoms with van der Waals surface area (Å²) in [5, 5.41) is 2.86. The van der Waals surface area contributed by atoms with Crippen LogP contribution in [0.4, 0.5) is 5.69 Å². The number of nitrogens with one attached hydrogen (secondary N) is 1. The summed E-state index contributed by atoms with van der Waals surface area (Å²) >= 11 is 0. The minimum Gasteiger partial charge on any atom is -0.482 e. The smallest absolute Gasteiger partial charge is 0.265 e. The van der Waals surface area contributed by atoms with E-state index in [1.165, 1.54) is 27.4 Å². The number of anilines is 1. The van der Waals surface area contributed by atoms with Gasteiger partial charge < -0.3 is 10.1 Å². The Bertz CT molecular complexity index is 1070. The van der Waals surface area contributed by atoms with E-state index in [-0.39, 0.29) is 35.6 Å². The average Bonchev–Trinajstić information content (AvgIpc) is 2.80. The summed E-state index contributed by atoms with van der Waals surface area (Å²) in [7, 11) is -3.72. The van der Waals surface area contributed by atoms with Crippen molar-refractivity contribution in [1.29, 1.82) is 0 Å². The Morgan fingerprint density at radius 3 is 2.50 bits per heavy atom. The molecule has 9 heteroatoms. The van der Waals surface area contributed by atoms with Gasteiger partial charge >= 0.3 is 0 Å². The van der Waals surface area contributed by atoms with Crippen LogP contribution < -0.4 is 15.0 Å². The number of benzene rings is 2. The van der Waals surface area contributed by atoms with Gasteiger partial charge in [0.25, 0.3) is 5.91 Å². The Labute approximate surface area is 189 Å². The van der Waals surface area contributed by atoms with Crippen LogP contribution in [0.3, 0.4) is 0 Å². The lowest BCUT2D eigenvalue weighted by Crippen LogP contribution is -2.45. The summed E-state index contributed by atoms with van der Waals surface area (Å²) in [4.78, 5) is 26.5. The molecule has 0 saturated carbocycles. The number of hydrogen-bond donors (Lipinski definition) is 1. The highest BCUT2D eigenvalue weighted by Crippen LogP contribution is 2.34. The fourth-order valence-electron chi connectivity index (χ4n) is 3.59. The van der Waals surface area contributed by atoms with Crippen LogP contribution in [0.2, 0.25) is 0 Å². The maximum atomic E-state index is 12.9. The highest BCUT2D eigenvalue weighted by Gasteiger charge is 2.30. The Balaban J connectivity index is 1.77. The first-order valence-electron chi connectivity index (χ1n) is 10.7. The minimum atomic E-state index is -3.72. The topological polar surface area (TPSA) is 96.0 Å². The van der Waals surface area contributed by atoms with Crippen LogP contribution in [0, 0.1) is 0 Å². The molecule has 8 nitrogen and oxygen atoms in total. The van der Waals surface area contributed by atoms with Crippen molar-refractivity contribution in [3.05, 3.63) is 54.1 Å². The van der Waals surface area contributed by atoms with Gasteiger partial charge in [0.2, 0.25) is 15.9 Å². The summed E-state index contributed by atoms with van der Waals surface area (Å²) in [6.45, 7) is 6.19. The number of carbonyl (C=O) groups is 2. The SMILES string of the molecule is CCN(CC)S(=O)(=O)c1ccc2c(c1)N(CC(=O)NC[C@H](C)c1ccccc1)C(=O)CO2. The Kier molecular flexibility index (Phi) is 7.52. The van der Waals surface area contributed by atoms with Crippen LogP contribution in [0.5, 0.6) is 5.75 Å². The summed E-state index contributed by atoms with van der Waals surface area (Å²) < 4.78 is 32.6. The summed E-state index contributed by atoms with van der Waals surface area (Å²) in [6.07, 6.45) is 0. The number of carbonyl (C=O) groups excluding carboxylic acids is 2. The molecule has 0 aromatic heterocycles. The third kappa shape index (κ3) is 5.11. The fraction of sp³-hybridized carbons (Fsp3) is 0.391. The van der Waals surface area contributed by atoms with Gasteiger partial charge in [-0.1, -0.05) is 51.1 Å². The molecule has 0 saturated heterocycles. The Morgan fingerprint density at radius 2 is 1.84 bits per heavy atom. The molecule has 2 aromatic carbocycles. The Hall–Kier alpha value is -2.91. The zero-order chi connectivity index (χ0) is 23.3. The molecule has 1 aliphatic heterocycles. The van der Waals surface area contributed by atoms with E-state index in [0.717, 1.165) is 5.56 Å². The molecule has 0 fully saturated rings. The van der Waals surface area contributed by atoms with Crippen LogP contribution in [0.25, 0.3) is 0 Å². The van der Waals surface area contributed by atoms with Gasteiger partial charge in [0.05, 0.1) is 10.6 Å². The number of hydrogen-bond acceptors (Lipinski definition) is 5. The van der Waals surface area contributed by atoms with Gasteiger partial charge in [-0.2, -0.15) is 4.31 Å². The monoisotopic (exact) mass is 459 g/mol. The first kappa shape index (κ1) is 23.7. The predicted molar refractivity (Wildman–Crippen MR) is 122 cm³/mol. The van der Waals surface area contributed by atoms with E-state index in [0.29, 0.717) is 25.4 Å². The van der Waals surface area contributed by atoms with Gasteiger partial charge in [-0.15, -0.1) is 0 Å². The molecule has 1 aliphatic rings. The first-order valence-corrected chi connectivity index (χ1v) is 12.1. The zero-order valence-electron chi connectivity index (χ0n) is 18.6. The molecule has 1 atom stereocenters. The maximum Gasteiger partial charge on any atom is 0.265 e. The van der Waals surface area contributed by atoms with Crippen LogP contribution in [-0.4, -0.2) is 57.3 Å². The molecule has 172 valence electrons. The third-order valence-corrected chi connectivity index (χ3v) is 7.54. The molecule has 0 spiro atoms. The normalized spacial score (nSPS) is 14.6. The highest BCUT2D eigenvalue weighted by atomic mass is 32.2. The standard InChI is InChI=1S/C23H29N3O5S/c1-4-25(5-2)32(29,30)19-11-12-21-20(13-19)26(23(28)16-31-21)15-22(27)24-14-17(3)18-9-7-6-8-10-18/h6-13,17H,4-5,14-16H2,1-3H3,(H,24,27)/t17-/m0/s1. The second kappa shape index (κ2) is 10.1. The van der Waals surface area contributed by atoms with E-state index in [2.05, 4.69) is 5.32 Å². The van der Waals surface area contributed by atoms with Gasteiger partial charge in [0.1, 0.15) is 12.3 Å². The van der Waals surface area contributed by atoms with Crippen molar-refractivity contribution in [2.24, 2.45) is 0 Å². The van der Waals surface area contributed by atoms with Gasteiger partial charge in [-0.3, -0.25) is 14.5 Å². The lowest BCUT2D eigenvalue weighted by Gasteiger charge is -2.30. The second-order valence-electron chi connectivity index (χ2n) is 7.60. The van der Waals surface area contributed by atoms with E-state index < -0.39 is 15.9 Å². The van der Waals surface area contributed by atoms with Crippen molar-refractivity contribution in [2.75, 3.05) is 37.7 Å². The third-order valence-electron chi connectivity index (χ3n) is 5.49. The number of fused-ring (bicyclic) bond motifs is 1. The largest absolute Gasteiger partial charge is 0.482 e. The molecule has 1 heterocycles. The molecule has 0 radical (unpaired) electrons. The van der Waals surface area contributed by atoms with E-state index >= 15 is 0 Å². The molecule has 2 amide bonds. The molecule has 0 bridgehead atoms. The number of rotatable bonds is 9. The van der Waals surface area contributed by atoms with E-state index in [4.69, 9.17) is 4.74 Å². The molecule has 32 heavy (non-hydrogen) atoms. The molecule has 1 N–H and O–H groups in total. The maximum absolute atomic E-state index is 12.9. The Morgan fingerprint density at radius 1 is 1.16 bits per heavy atom. The van der Waals surface area contributed by atoms with Crippen molar-refractivity contribution in [2.45, 2.75) is 31.6 Å². The van der Waals surface area contributed by atoms with Crippen molar-refractivity contribution in [3.8, 4) is 5.75 Å². The molecular weight excluding hydrogens is 430 g/mol. The fourth-order valence-corrected chi connectivity index (χ4v) is 5.07. The summed E-state index contributed by atoms with van der Waals surface area (Å²) in [5.74, 6) is -0.251. The van der Waals surface area contributed by atoms with Crippen molar-refractivity contribution >= 4 is 27.5 Å². The van der Waals surface area contributed by atoms with Crippen molar-refractivity contribution < 1.29 is 22.7 Å². The van der Waals surface area contributed by atoms with Crippen LogP contribution in [0.1, 0.15) is 32.3 Å². The molecule has 0 unspecified atom stereocenters. The zero-order valence-corrected chi connectivity index (χ0v) is 19.4. The number of amides is 2. The summed E-state index contributed by atoms with van der Waals surface area (Å²) in [5.41, 5.74) is 1.38. The van der Waals surface area contributed by atoms with E-state index in [1.54, 1.807) is 13.8 Å². The minimum absolute atomic E-state index is 0.0568. The predicted octanol–water partition coefficient (Wildman–Crippen LogP) is 2.36. The van der Waals surface area contributed by atoms with Gasteiger partial charge in [0, 0.05) is 19.6 Å².